The van der Waals surface area contributed by atoms with E-state index in [9.17, 15) is 28.0 Å². The van der Waals surface area contributed by atoms with E-state index in [1.807, 2.05) is 0 Å². The van der Waals surface area contributed by atoms with Crippen LogP contribution in [0.1, 0.15) is 213 Å². The van der Waals surface area contributed by atoms with E-state index in [0.29, 0.717) is 12.8 Å². The Kier molecular flexibility index (Phi) is 38.2. The van der Waals surface area contributed by atoms with Gasteiger partial charge in [0.25, 0.3) is 10.1 Å². The average Bonchev–Trinajstić information content (AvgIpc) is 3.14. The number of carbonyl (C=O) groups excluding carboxylic acids is 1. The molecule has 0 saturated carbocycles. The molecule has 0 aromatic heterocycles. The van der Waals surface area contributed by atoms with Gasteiger partial charge in [0.05, 0.1) is 17.9 Å². The van der Waals surface area contributed by atoms with E-state index in [4.69, 9.17) is 0 Å². The SMILES string of the molecule is CCCCCCCCCCC/C=C\CCCCCCC(O)C(=O)NC(CS(=O)(=O)O)C(O)/C=C/CC/C=C/CC/C=C/CCCCCCCCCCCC. The van der Waals surface area contributed by atoms with Crippen molar-refractivity contribution in [3.05, 3.63) is 48.6 Å². The van der Waals surface area contributed by atoms with Crippen molar-refractivity contribution in [2.24, 2.45) is 0 Å². The Morgan fingerprint density at radius 3 is 1.22 bits per heavy atom. The molecule has 4 N–H and O–H groups in total. The lowest BCUT2D eigenvalue weighted by molar-refractivity contribution is -0.130. The molecular weight excluding hydrogens is 695 g/mol. The number of allylic oxidation sites excluding steroid dienone is 7. The van der Waals surface area contributed by atoms with Crippen LogP contribution in [0.25, 0.3) is 0 Å². The van der Waals surface area contributed by atoms with Crippen LogP contribution in [-0.2, 0) is 14.9 Å². The van der Waals surface area contributed by atoms with E-state index in [0.717, 1.165) is 57.8 Å². The maximum atomic E-state index is 12.6. The van der Waals surface area contributed by atoms with E-state index >= 15 is 0 Å². The highest BCUT2D eigenvalue weighted by atomic mass is 32.2. The maximum absolute atomic E-state index is 12.6. The minimum atomic E-state index is -4.46. The lowest BCUT2D eigenvalue weighted by Crippen LogP contribution is -2.50. The first kappa shape index (κ1) is 52.3. The molecule has 0 aromatic carbocycles. The van der Waals surface area contributed by atoms with Crippen LogP contribution in [0.5, 0.6) is 0 Å². The number of carbonyl (C=O) groups is 1. The van der Waals surface area contributed by atoms with Gasteiger partial charge in [0, 0.05) is 0 Å². The molecule has 0 aromatic rings. The second kappa shape index (κ2) is 39.5. The third kappa shape index (κ3) is 38.5. The van der Waals surface area contributed by atoms with Gasteiger partial charge < -0.3 is 15.5 Å². The number of amides is 1. The smallest absolute Gasteiger partial charge is 0.267 e. The highest BCUT2D eigenvalue weighted by molar-refractivity contribution is 7.85. The van der Waals surface area contributed by atoms with Crippen LogP contribution in [0.15, 0.2) is 48.6 Å². The molecule has 0 aliphatic rings. The van der Waals surface area contributed by atoms with E-state index in [1.54, 1.807) is 6.08 Å². The molecule has 7 nitrogen and oxygen atoms in total. The zero-order valence-electron chi connectivity index (χ0n) is 35.0. The maximum Gasteiger partial charge on any atom is 0.267 e. The summed E-state index contributed by atoms with van der Waals surface area (Å²) in [6, 6.07) is -1.26. The molecule has 0 aliphatic carbocycles. The summed E-state index contributed by atoms with van der Waals surface area (Å²) < 4.78 is 32.6. The van der Waals surface area contributed by atoms with Gasteiger partial charge in [-0.05, 0) is 70.6 Å². The normalized spacial score (nSPS) is 14.2. The molecule has 0 heterocycles. The Bertz CT molecular complexity index is 1050. The summed E-state index contributed by atoms with van der Waals surface area (Å²) in [5, 5.41) is 23.4. The van der Waals surface area contributed by atoms with E-state index in [2.05, 4.69) is 55.6 Å². The highest BCUT2D eigenvalue weighted by Gasteiger charge is 2.27. The number of rotatable bonds is 40. The van der Waals surface area contributed by atoms with Gasteiger partial charge >= 0.3 is 0 Å². The molecule has 0 bridgehead atoms. The van der Waals surface area contributed by atoms with Crippen LogP contribution < -0.4 is 5.32 Å². The number of nitrogens with one attached hydrogen (secondary N) is 1. The molecule has 0 fully saturated rings. The summed E-state index contributed by atoms with van der Waals surface area (Å²) in [5.74, 6) is -1.58. The van der Waals surface area contributed by atoms with Gasteiger partial charge in [-0.25, -0.2) is 0 Å². The molecule has 316 valence electrons. The molecule has 8 heteroatoms. The van der Waals surface area contributed by atoms with Crippen molar-refractivity contribution >= 4 is 16.0 Å². The quantitative estimate of drug-likeness (QED) is 0.0279. The molecule has 54 heavy (non-hydrogen) atoms. The first-order chi connectivity index (χ1) is 26.2. The van der Waals surface area contributed by atoms with Crippen molar-refractivity contribution < 1.29 is 28.0 Å². The predicted molar refractivity (Wildman–Crippen MR) is 231 cm³/mol. The van der Waals surface area contributed by atoms with E-state index in [1.165, 1.54) is 128 Å². The molecule has 3 atom stereocenters. The monoisotopic (exact) mass is 780 g/mol. The summed E-state index contributed by atoms with van der Waals surface area (Å²) in [4.78, 5) is 12.6. The fourth-order valence-corrected chi connectivity index (χ4v) is 7.33. The van der Waals surface area contributed by atoms with Crippen LogP contribution >= 0.6 is 0 Å². The summed E-state index contributed by atoms with van der Waals surface area (Å²) in [5.41, 5.74) is 0. The Morgan fingerprint density at radius 1 is 0.500 bits per heavy atom. The second-order valence-corrected chi connectivity index (χ2v) is 16.9. The van der Waals surface area contributed by atoms with Gasteiger partial charge in [0.1, 0.15) is 6.10 Å². The Morgan fingerprint density at radius 2 is 0.833 bits per heavy atom. The summed E-state index contributed by atoms with van der Waals surface area (Å²) in [6.07, 6.45) is 50.3. The molecule has 0 rings (SSSR count). The fourth-order valence-electron chi connectivity index (χ4n) is 6.60. The van der Waals surface area contributed by atoms with E-state index in [-0.39, 0.29) is 6.42 Å². The zero-order chi connectivity index (χ0) is 39.8. The van der Waals surface area contributed by atoms with Gasteiger partial charge in [0.15, 0.2) is 0 Å². The third-order valence-electron chi connectivity index (χ3n) is 10.1. The van der Waals surface area contributed by atoms with Crippen molar-refractivity contribution in [3.8, 4) is 0 Å². The lowest BCUT2D eigenvalue weighted by Gasteiger charge is -2.22. The zero-order valence-corrected chi connectivity index (χ0v) is 35.8. The van der Waals surface area contributed by atoms with E-state index < -0.39 is 40.0 Å². The number of hydrogen-bond acceptors (Lipinski definition) is 5. The lowest BCUT2D eigenvalue weighted by atomic mass is 10.1. The van der Waals surface area contributed by atoms with Crippen molar-refractivity contribution in [1.29, 1.82) is 0 Å². The van der Waals surface area contributed by atoms with Gasteiger partial charge in [-0.2, -0.15) is 8.42 Å². The summed E-state index contributed by atoms with van der Waals surface area (Å²) in [7, 11) is -4.46. The highest BCUT2D eigenvalue weighted by Crippen LogP contribution is 2.14. The fraction of sp³-hybridized carbons (Fsp3) is 0.804. The summed E-state index contributed by atoms with van der Waals surface area (Å²) in [6.45, 7) is 4.52. The topological polar surface area (TPSA) is 124 Å². The Hall–Kier alpha value is -1.74. The number of aliphatic hydroxyl groups is 2. The molecule has 0 spiro atoms. The van der Waals surface area contributed by atoms with Crippen molar-refractivity contribution in [3.63, 3.8) is 0 Å². The van der Waals surface area contributed by atoms with Crippen LogP contribution in [0.2, 0.25) is 0 Å². The van der Waals surface area contributed by atoms with Gasteiger partial charge in [0.2, 0.25) is 5.91 Å². The second-order valence-electron chi connectivity index (χ2n) is 15.4. The van der Waals surface area contributed by atoms with Crippen LogP contribution in [-0.4, -0.2) is 53.1 Å². The Balaban J connectivity index is 4.09. The van der Waals surface area contributed by atoms with Crippen LogP contribution in [0.3, 0.4) is 0 Å². The number of unbranched alkanes of at least 4 members (excludes halogenated alkanes) is 25. The number of hydrogen-bond donors (Lipinski definition) is 4. The molecule has 0 saturated heterocycles. The largest absolute Gasteiger partial charge is 0.387 e. The molecule has 1 amide bonds. The first-order valence-electron chi connectivity index (χ1n) is 22.4. The molecule has 3 unspecified atom stereocenters. The third-order valence-corrected chi connectivity index (χ3v) is 10.8. The van der Waals surface area contributed by atoms with Crippen molar-refractivity contribution in [1.82, 2.24) is 5.32 Å². The standard InChI is InChI=1S/C46H85NO6S/c1-3-5-7-9-11-13-15-17-19-21-22-23-25-26-28-30-32-34-36-38-40-44(48)43(42-54(51,52)53)47-46(50)45(49)41-39-37-35-33-31-29-27-24-20-18-16-14-12-10-8-6-4-2/h23,25,27,29-30,32,38,40,43-45,48-49H,3-22,24,26,28,31,33-37,39,41-42H2,1-2H3,(H,47,50)(H,51,52,53)/b25-23+,29-27-,32-30+,40-38+. The molecule has 0 aliphatic heterocycles. The first-order valence-corrected chi connectivity index (χ1v) is 24.1. The van der Waals surface area contributed by atoms with Gasteiger partial charge in [-0.1, -0.05) is 191 Å². The minimum absolute atomic E-state index is 0.256. The molecular formula is C46H85NO6S. The number of aliphatic hydroxyl groups excluding tert-OH is 2. The molecule has 0 radical (unpaired) electrons. The van der Waals surface area contributed by atoms with Gasteiger partial charge in [-0.3, -0.25) is 9.35 Å². The average molecular weight is 780 g/mol. The van der Waals surface area contributed by atoms with Gasteiger partial charge in [-0.15, -0.1) is 0 Å². The van der Waals surface area contributed by atoms with Crippen LogP contribution in [0, 0.1) is 0 Å². The van der Waals surface area contributed by atoms with Crippen LogP contribution in [0.4, 0.5) is 0 Å². The Labute approximate surface area is 333 Å². The summed E-state index contributed by atoms with van der Waals surface area (Å²) >= 11 is 0. The van der Waals surface area contributed by atoms with Crippen molar-refractivity contribution in [2.75, 3.05) is 5.75 Å². The predicted octanol–water partition coefficient (Wildman–Crippen LogP) is 12.4. The van der Waals surface area contributed by atoms with Crippen molar-refractivity contribution in [2.45, 2.75) is 231 Å². The minimum Gasteiger partial charge on any atom is -0.387 e.